The molecule has 1 aromatic heterocycles. The molecule has 1 aromatic carbocycles. The lowest BCUT2D eigenvalue weighted by Gasteiger charge is -2.10. The SMILES string of the molecule is OC(c1ccccc1)c1ccc(F)nc1. The fourth-order valence-electron chi connectivity index (χ4n) is 1.38. The maximum atomic E-state index is 12.6. The van der Waals surface area contributed by atoms with E-state index >= 15 is 0 Å². The molecule has 76 valence electrons. The molecule has 0 saturated heterocycles. The molecule has 15 heavy (non-hydrogen) atoms. The second kappa shape index (κ2) is 4.19. The Hall–Kier alpha value is -1.74. The van der Waals surface area contributed by atoms with Crippen molar-refractivity contribution in [3.8, 4) is 0 Å². The Bertz CT molecular complexity index is 427. The van der Waals surface area contributed by atoms with E-state index in [4.69, 9.17) is 0 Å². The number of benzene rings is 1. The molecule has 0 aliphatic rings. The summed E-state index contributed by atoms with van der Waals surface area (Å²) < 4.78 is 12.6. The first-order valence-corrected chi connectivity index (χ1v) is 4.62. The van der Waals surface area contributed by atoms with Crippen molar-refractivity contribution in [2.24, 2.45) is 0 Å². The molecular weight excluding hydrogens is 193 g/mol. The lowest BCUT2D eigenvalue weighted by Crippen LogP contribution is -2.00. The van der Waals surface area contributed by atoms with Gasteiger partial charge in [-0.15, -0.1) is 0 Å². The zero-order valence-electron chi connectivity index (χ0n) is 7.97. The Kier molecular flexibility index (Phi) is 2.74. The Balaban J connectivity index is 2.29. The molecular formula is C12H10FNO. The number of hydrogen-bond acceptors (Lipinski definition) is 2. The predicted octanol–water partition coefficient (Wildman–Crippen LogP) is 2.30. The summed E-state index contributed by atoms with van der Waals surface area (Å²) in [7, 11) is 0. The number of aliphatic hydroxyl groups excluding tert-OH is 1. The van der Waals surface area contributed by atoms with E-state index in [9.17, 15) is 9.50 Å². The Morgan fingerprint density at radius 2 is 1.73 bits per heavy atom. The maximum Gasteiger partial charge on any atom is 0.212 e. The van der Waals surface area contributed by atoms with Crippen LogP contribution in [0.4, 0.5) is 4.39 Å². The van der Waals surface area contributed by atoms with Crippen LogP contribution >= 0.6 is 0 Å². The number of hydrogen-bond donors (Lipinski definition) is 1. The second-order valence-electron chi connectivity index (χ2n) is 3.23. The second-order valence-corrected chi connectivity index (χ2v) is 3.23. The highest BCUT2D eigenvalue weighted by molar-refractivity contribution is 5.27. The largest absolute Gasteiger partial charge is 0.384 e. The van der Waals surface area contributed by atoms with Gasteiger partial charge in [-0.2, -0.15) is 4.39 Å². The molecule has 2 aromatic rings. The van der Waals surface area contributed by atoms with Crippen LogP contribution in [0.2, 0.25) is 0 Å². The van der Waals surface area contributed by atoms with E-state index in [-0.39, 0.29) is 0 Å². The van der Waals surface area contributed by atoms with Crippen LogP contribution in [0.15, 0.2) is 48.7 Å². The molecule has 2 nitrogen and oxygen atoms in total. The summed E-state index contributed by atoms with van der Waals surface area (Å²) in [5.41, 5.74) is 1.36. The standard InChI is InChI=1S/C12H10FNO/c13-11-7-6-10(8-14-11)12(15)9-4-2-1-3-5-9/h1-8,12,15H. The van der Waals surface area contributed by atoms with Crippen molar-refractivity contribution in [2.45, 2.75) is 6.10 Å². The highest BCUT2D eigenvalue weighted by atomic mass is 19.1. The number of halogens is 1. The van der Waals surface area contributed by atoms with Crippen LogP contribution in [0.25, 0.3) is 0 Å². The number of pyridine rings is 1. The quantitative estimate of drug-likeness (QED) is 0.760. The van der Waals surface area contributed by atoms with Crippen LogP contribution in [-0.2, 0) is 0 Å². The molecule has 1 unspecified atom stereocenters. The van der Waals surface area contributed by atoms with Gasteiger partial charge in [0.25, 0.3) is 0 Å². The average Bonchev–Trinajstić information content (AvgIpc) is 2.30. The molecule has 0 aliphatic carbocycles. The first-order valence-electron chi connectivity index (χ1n) is 4.62. The van der Waals surface area contributed by atoms with E-state index in [1.807, 2.05) is 30.3 Å². The van der Waals surface area contributed by atoms with Gasteiger partial charge in [-0.25, -0.2) is 4.98 Å². The van der Waals surface area contributed by atoms with Crippen molar-refractivity contribution in [1.29, 1.82) is 0 Å². The molecule has 1 N–H and O–H groups in total. The van der Waals surface area contributed by atoms with E-state index in [1.165, 1.54) is 18.3 Å². The fourth-order valence-corrected chi connectivity index (χ4v) is 1.38. The molecule has 2 rings (SSSR count). The van der Waals surface area contributed by atoms with Crippen LogP contribution < -0.4 is 0 Å². The van der Waals surface area contributed by atoms with Gasteiger partial charge in [-0.1, -0.05) is 36.4 Å². The van der Waals surface area contributed by atoms with Gasteiger partial charge in [0.05, 0.1) is 0 Å². The summed E-state index contributed by atoms with van der Waals surface area (Å²) in [6.07, 6.45) is 0.590. The van der Waals surface area contributed by atoms with Gasteiger partial charge in [0.2, 0.25) is 5.95 Å². The number of aliphatic hydroxyl groups is 1. The minimum absolute atomic E-state index is 0.543. The van der Waals surface area contributed by atoms with E-state index in [0.29, 0.717) is 5.56 Å². The van der Waals surface area contributed by atoms with Crippen molar-refractivity contribution in [2.75, 3.05) is 0 Å². The average molecular weight is 203 g/mol. The maximum absolute atomic E-state index is 12.6. The minimum Gasteiger partial charge on any atom is -0.384 e. The summed E-state index contributed by atoms with van der Waals surface area (Å²) in [5, 5.41) is 9.92. The minimum atomic E-state index is -0.751. The number of nitrogens with zero attached hydrogens (tertiary/aromatic N) is 1. The molecule has 0 saturated carbocycles. The summed E-state index contributed by atoms with van der Waals surface area (Å²) in [6.45, 7) is 0. The molecule has 1 heterocycles. The third kappa shape index (κ3) is 2.19. The van der Waals surface area contributed by atoms with E-state index in [0.717, 1.165) is 5.56 Å². The van der Waals surface area contributed by atoms with Gasteiger partial charge < -0.3 is 5.11 Å². The number of rotatable bonds is 2. The zero-order valence-corrected chi connectivity index (χ0v) is 7.97. The smallest absolute Gasteiger partial charge is 0.212 e. The van der Waals surface area contributed by atoms with E-state index < -0.39 is 12.1 Å². The van der Waals surface area contributed by atoms with Crippen molar-refractivity contribution in [1.82, 2.24) is 4.98 Å². The Labute approximate surface area is 87.0 Å². The van der Waals surface area contributed by atoms with Crippen LogP contribution in [0.3, 0.4) is 0 Å². The summed E-state index contributed by atoms with van der Waals surface area (Å²) >= 11 is 0. The van der Waals surface area contributed by atoms with Crippen molar-refractivity contribution < 1.29 is 9.50 Å². The molecule has 0 aliphatic heterocycles. The summed E-state index contributed by atoms with van der Waals surface area (Å²) in [4.78, 5) is 3.50. The third-order valence-electron chi connectivity index (χ3n) is 2.18. The molecule has 3 heteroatoms. The van der Waals surface area contributed by atoms with Gasteiger partial charge in [0.1, 0.15) is 6.10 Å². The van der Waals surface area contributed by atoms with Crippen LogP contribution in [0, 0.1) is 5.95 Å². The molecule has 0 bridgehead atoms. The van der Waals surface area contributed by atoms with Crippen LogP contribution in [-0.4, -0.2) is 10.1 Å². The normalized spacial score (nSPS) is 12.4. The first-order chi connectivity index (χ1) is 7.27. The lowest BCUT2D eigenvalue weighted by atomic mass is 10.0. The van der Waals surface area contributed by atoms with E-state index in [2.05, 4.69) is 4.98 Å². The monoisotopic (exact) mass is 203 g/mol. The van der Waals surface area contributed by atoms with Gasteiger partial charge in [-0.3, -0.25) is 0 Å². The van der Waals surface area contributed by atoms with Gasteiger partial charge >= 0.3 is 0 Å². The third-order valence-corrected chi connectivity index (χ3v) is 2.18. The number of aromatic nitrogens is 1. The van der Waals surface area contributed by atoms with Gasteiger partial charge in [0, 0.05) is 11.8 Å². The van der Waals surface area contributed by atoms with Gasteiger partial charge in [0.15, 0.2) is 0 Å². The fraction of sp³-hybridized carbons (Fsp3) is 0.0833. The summed E-state index contributed by atoms with van der Waals surface area (Å²) in [5.74, 6) is -0.543. The lowest BCUT2D eigenvalue weighted by molar-refractivity contribution is 0.219. The van der Waals surface area contributed by atoms with Crippen molar-refractivity contribution in [3.05, 3.63) is 65.7 Å². The van der Waals surface area contributed by atoms with Crippen molar-refractivity contribution >= 4 is 0 Å². The predicted molar refractivity (Wildman–Crippen MR) is 54.7 cm³/mol. The Morgan fingerprint density at radius 1 is 1.00 bits per heavy atom. The topological polar surface area (TPSA) is 33.1 Å². The van der Waals surface area contributed by atoms with Crippen LogP contribution in [0.1, 0.15) is 17.2 Å². The van der Waals surface area contributed by atoms with Gasteiger partial charge in [-0.05, 0) is 11.6 Å². The highest BCUT2D eigenvalue weighted by Crippen LogP contribution is 2.20. The van der Waals surface area contributed by atoms with Crippen LogP contribution in [0.5, 0.6) is 0 Å². The molecule has 0 fully saturated rings. The summed E-state index contributed by atoms with van der Waals surface area (Å²) in [6, 6.07) is 12.0. The molecule has 0 spiro atoms. The molecule has 1 atom stereocenters. The van der Waals surface area contributed by atoms with E-state index in [1.54, 1.807) is 0 Å². The zero-order chi connectivity index (χ0) is 10.7. The molecule has 0 amide bonds. The van der Waals surface area contributed by atoms with Crippen molar-refractivity contribution in [3.63, 3.8) is 0 Å². The first kappa shape index (κ1) is 9.80. The highest BCUT2D eigenvalue weighted by Gasteiger charge is 2.09. The molecule has 0 radical (unpaired) electrons. The Morgan fingerprint density at radius 3 is 2.33 bits per heavy atom.